The quantitative estimate of drug-likeness (QED) is 0.222. The highest BCUT2D eigenvalue weighted by Gasteiger charge is 2.74. The maximum Gasteiger partial charge on any atom is 0.174 e. The third-order valence-electron chi connectivity index (χ3n) is 45.9. The highest BCUT2D eigenvalue weighted by molar-refractivity contribution is 5.87. The van der Waals surface area contributed by atoms with Crippen molar-refractivity contribution in [1.29, 1.82) is 0 Å². The highest BCUT2D eigenvalue weighted by atomic mass is 16.8. The van der Waals surface area contributed by atoms with Crippen LogP contribution in [0.5, 0.6) is 0 Å². The van der Waals surface area contributed by atoms with E-state index < -0.39 is 0 Å². The van der Waals surface area contributed by atoms with Crippen LogP contribution in [-0.2, 0) is 47.5 Å². The number of carbonyl (C=O) groups is 2. The number of aliphatic hydroxyl groups excluding tert-OH is 2. The summed E-state index contributed by atoms with van der Waals surface area (Å²) in [6, 6.07) is 0. The number of rotatable bonds is 0. The molecule has 4 aliphatic heterocycles. The van der Waals surface area contributed by atoms with Crippen LogP contribution in [-0.4, -0.2) is 110 Å². The highest BCUT2D eigenvalue weighted by Crippen LogP contribution is 2.76. The van der Waals surface area contributed by atoms with Crippen molar-refractivity contribution in [3.05, 3.63) is 35.5 Å². The summed E-state index contributed by atoms with van der Waals surface area (Å²) < 4.78 is 50.0. The van der Waals surface area contributed by atoms with Crippen LogP contribution in [0.3, 0.4) is 0 Å². The van der Waals surface area contributed by atoms with Crippen molar-refractivity contribution in [2.24, 2.45) is 184 Å². The van der Waals surface area contributed by atoms with Gasteiger partial charge in [-0.25, -0.2) is 0 Å². The van der Waals surface area contributed by atoms with E-state index in [1.165, 1.54) is 173 Å². The van der Waals surface area contributed by atoms with E-state index in [0.29, 0.717) is 80.6 Å². The summed E-state index contributed by atoms with van der Waals surface area (Å²) in [7, 11) is 0. The zero-order valence-electron chi connectivity index (χ0n) is 78.1. The van der Waals surface area contributed by atoms with Crippen LogP contribution >= 0.6 is 0 Å². The average molecular weight is 1740 g/mol. The van der Waals surface area contributed by atoms with Crippen LogP contribution < -0.4 is 0 Å². The zero-order valence-corrected chi connectivity index (χ0v) is 78.1. The SMILES string of the molecule is C.C.C.C.C.C=C1C[C@@H]2[C@H](CC[C@@]3(C)[C@H]2CCC32OCCO2)[C@@]2(C)CC[C@H](C)C[C@H]12.C[C@H]1CC[C@@]2(C)C(=CC[C@@H]3[C@@H]2CC[C@@]2(C)[C@H]3CCC23OCCO3)C1.C[C@H]1CC[C@@]2(C)[C@H](C1)C(=O)C[C@@H]1[C@@H]2CC[C@@]2(C)[C@H]1CCC21OCCO1.C[C@H]1CC[C@@]2(C)[C@H](C1)[C@@H](O)C[C@@H]1[C@@H]2CC[C@@]2(C)[C@H]1CCC21OCCO1.C[C@]12CC[C@H](O)CC1=CC[C@@H]1[C@@H]2CC[C@]2(C)C(=O)CC[C@@H]12. The lowest BCUT2D eigenvalue weighted by molar-refractivity contribution is -0.252. The van der Waals surface area contributed by atoms with E-state index in [1.807, 2.05) is 5.57 Å². The summed E-state index contributed by atoms with van der Waals surface area (Å²) >= 11 is 0. The molecule has 0 aromatic rings. The molecule has 0 unspecified atom stereocenters. The molecule has 0 amide bonds. The standard InChI is InChI=1S/C23H36O2.C22H36O3.C22H34O3.C22H34O2.C19H28O2.5CH4/c1-15-5-8-21(3)18-6-9-22(4)19(7-10-23(22)24-11-12-25-23)17(18)14-16(2)20(21)13-15;2*1-14-4-7-20(2)16-5-8-21(3)17(6-9-22(21)24-10-11-25-22)15(16)13-19(23)18(20)12-14;1-15-6-9-20(2)16(14-15)4-5-17-18(20)7-10-21(3)19(17)8-11-22(21)23-12-13-24-22;1-18-9-7-13(20)11-12(18)3-4-14-15-5-6-17(21)19(15,2)10-8-16(14)18;;;;;/h15,17-20H,2,5-14H2,1,3-4H3;14-19,23H,4-13H2,1-3H3;14-18H,4-13H2,1-3H3;4,15,17-19H,5-14H2,1-3H3;3,13-16,20H,4-11H2,1-2H3;5*1H4/t15-,17+,18-,19-,20+,21+,22-;14-,15+,16-,17-,18+,19-,20+,21-;14-,15+,16-,17-,18+,20+,21-;15-,17+,18-,19-,20-,21-;13-,14-,15-,16-,18-,19-;;;;;/m00000...../s1. The molecule has 4 heterocycles. The number of fused-ring (bicyclic) bond motifs is 29. The fraction of sp³-hybridized carbons (Fsp3) is 0.929. The van der Waals surface area contributed by atoms with Crippen molar-refractivity contribution in [2.75, 3.05) is 52.9 Å². The molecule has 0 aromatic carbocycles. The molecule has 0 aromatic heterocycles. The Labute approximate surface area is 763 Å². The predicted molar refractivity (Wildman–Crippen MR) is 505 cm³/mol. The number of hydrogen-bond acceptors (Lipinski definition) is 12. The van der Waals surface area contributed by atoms with E-state index in [2.05, 4.69) is 116 Å². The first-order valence-electron chi connectivity index (χ1n) is 51.7. The lowest BCUT2D eigenvalue weighted by Crippen LogP contribution is -2.59. The molecular formula is C113H188O12. The third-order valence-corrected chi connectivity index (χ3v) is 45.9. The van der Waals surface area contributed by atoms with Crippen LogP contribution in [0, 0.1) is 184 Å². The Hall–Kier alpha value is -1.84. The Morgan fingerprint density at radius 1 is 0.312 bits per heavy atom. The Kier molecular flexibility index (Phi) is 27.2. The minimum atomic E-state index is -0.343. The van der Waals surface area contributed by atoms with Gasteiger partial charge in [-0.1, -0.05) is 189 Å². The number of carbonyl (C=O) groups excluding carboxylic acids is 2. The minimum Gasteiger partial charge on any atom is -0.393 e. The first-order chi connectivity index (χ1) is 57.1. The van der Waals surface area contributed by atoms with E-state index in [4.69, 9.17) is 37.9 Å². The second-order valence-electron chi connectivity index (χ2n) is 50.3. The summed E-state index contributed by atoms with van der Waals surface area (Å²) in [6.45, 7) is 45.2. The van der Waals surface area contributed by atoms with Gasteiger partial charge in [0.2, 0.25) is 0 Å². The van der Waals surface area contributed by atoms with E-state index in [0.717, 1.165) is 226 Å². The van der Waals surface area contributed by atoms with Gasteiger partial charge in [0.25, 0.3) is 0 Å². The van der Waals surface area contributed by atoms with E-state index >= 15 is 0 Å². The summed E-state index contributed by atoms with van der Waals surface area (Å²) in [6.07, 6.45) is 53.5. The van der Waals surface area contributed by atoms with Crippen LogP contribution in [0.1, 0.15) is 391 Å². The summed E-state index contributed by atoms with van der Waals surface area (Å²) in [5.41, 5.74) is 7.51. The Bertz CT molecular complexity index is 3810. The van der Waals surface area contributed by atoms with Crippen molar-refractivity contribution in [1.82, 2.24) is 0 Å². The van der Waals surface area contributed by atoms with Gasteiger partial charge in [-0.3, -0.25) is 9.59 Å². The number of ketones is 2. The van der Waals surface area contributed by atoms with Gasteiger partial charge in [0.15, 0.2) is 23.1 Å². The van der Waals surface area contributed by atoms with Gasteiger partial charge in [-0.05, 0) is 350 Å². The molecule has 712 valence electrons. The van der Waals surface area contributed by atoms with Gasteiger partial charge < -0.3 is 48.1 Å². The van der Waals surface area contributed by atoms with Crippen molar-refractivity contribution in [2.45, 2.75) is 426 Å². The molecule has 12 heteroatoms. The second kappa shape index (κ2) is 34.8. The predicted octanol–water partition coefficient (Wildman–Crippen LogP) is 26.9. The number of hydrogen-bond donors (Lipinski definition) is 2. The lowest BCUT2D eigenvalue weighted by atomic mass is 9.43. The Morgan fingerprint density at radius 3 is 1.14 bits per heavy atom. The van der Waals surface area contributed by atoms with Gasteiger partial charge >= 0.3 is 0 Å². The molecule has 125 heavy (non-hydrogen) atoms. The minimum absolute atomic E-state index is 0. The topological polar surface area (TPSA) is 148 Å². The van der Waals surface area contributed by atoms with Crippen molar-refractivity contribution < 1.29 is 57.7 Å². The number of Topliss-reactive ketones (excluding diaryl/α,β-unsaturated/α-hetero) is 2. The number of aliphatic hydroxyl groups is 2. The summed E-state index contributed by atoms with van der Waals surface area (Å²) in [5, 5.41) is 21.1. The number of allylic oxidation sites excluding steroid dienone is 4. The van der Waals surface area contributed by atoms with E-state index in [9.17, 15) is 19.8 Å². The van der Waals surface area contributed by atoms with Crippen molar-refractivity contribution in [3.63, 3.8) is 0 Å². The molecular weight excluding hydrogens is 1550 g/mol. The van der Waals surface area contributed by atoms with Gasteiger partial charge in [0.05, 0.1) is 65.1 Å². The van der Waals surface area contributed by atoms with Crippen molar-refractivity contribution in [3.8, 4) is 0 Å². The second-order valence-corrected chi connectivity index (χ2v) is 50.3. The van der Waals surface area contributed by atoms with Gasteiger partial charge in [-0.15, -0.1) is 0 Å². The van der Waals surface area contributed by atoms with Crippen LogP contribution in [0.2, 0.25) is 0 Å². The van der Waals surface area contributed by atoms with Crippen LogP contribution in [0.15, 0.2) is 35.5 Å². The monoisotopic (exact) mass is 1740 g/mol. The molecule has 24 aliphatic rings. The fourth-order valence-electron chi connectivity index (χ4n) is 39.0. The molecule has 2 N–H and O–H groups in total. The summed E-state index contributed by atoms with van der Waals surface area (Å²) in [4.78, 5) is 25.5. The van der Waals surface area contributed by atoms with Gasteiger partial charge in [0.1, 0.15) is 11.6 Å². The largest absolute Gasteiger partial charge is 0.393 e. The van der Waals surface area contributed by atoms with Gasteiger partial charge in [-0.2, -0.15) is 0 Å². The molecule has 18 saturated carbocycles. The van der Waals surface area contributed by atoms with Crippen LogP contribution in [0.4, 0.5) is 0 Å². The Morgan fingerprint density at radius 2 is 0.656 bits per heavy atom. The normalized spacial score (nSPS) is 52.0. The summed E-state index contributed by atoms with van der Waals surface area (Å²) in [5.74, 6) is 16.0. The third kappa shape index (κ3) is 14.5. The molecule has 34 atom stereocenters. The molecule has 22 fully saturated rings. The molecule has 4 saturated heterocycles. The smallest absolute Gasteiger partial charge is 0.174 e. The Balaban J connectivity index is 0.000000120. The van der Waals surface area contributed by atoms with Crippen LogP contribution in [0.25, 0.3) is 0 Å². The lowest BCUT2D eigenvalue weighted by Gasteiger charge is -2.62. The first kappa shape index (κ1) is 97.7. The first-order valence-corrected chi connectivity index (χ1v) is 51.7. The van der Waals surface area contributed by atoms with Crippen molar-refractivity contribution >= 4 is 11.6 Å². The number of ether oxygens (including phenoxy) is 8. The molecule has 12 nitrogen and oxygen atoms in total. The molecule has 0 bridgehead atoms. The fourth-order valence-corrected chi connectivity index (χ4v) is 39.0. The van der Waals surface area contributed by atoms with E-state index in [1.54, 1.807) is 5.57 Å². The molecule has 0 radical (unpaired) electrons. The molecule has 24 rings (SSSR count). The maximum absolute atomic E-state index is 13.2. The maximum atomic E-state index is 13.2. The molecule has 20 aliphatic carbocycles. The van der Waals surface area contributed by atoms with Gasteiger partial charge in [0, 0.05) is 71.5 Å². The average Bonchev–Trinajstić information content (AvgIpc) is 1.59. The zero-order chi connectivity index (χ0) is 83.8. The molecule has 4 spiro atoms. The van der Waals surface area contributed by atoms with E-state index in [-0.39, 0.29) is 105 Å².